The van der Waals surface area contributed by atoms with Crippen molar-refractivity contribution in [3.63, 3.8) is 0 Å². The average Bonchev–Trinajstić information content (AvgIpc) is 2.47. The number of carbonyl (C=O) groups is 1. The number of halogens is 2. The number of nitrogens with zero attached hydrogens (tertiary/aromatic N) is 1. The molecule has 1 heterocycles. The summed E-state index contributed by atoms with van der Waals surface area (Å²) < 4.78 is 0. The van der Waals surface area contributed by atoms with Crippen LogP contribution in [0.2, 0.25) is 10.0 Å². The van der Waals surface area contributed by atoms with E-state index >= 15 is 0 Å². The lowest BCUT2D eigenvalue weighted by Crippen LogP contribution is -2.33. The summed E-state index contributed by atoms with van der Waals surface area (Å²) in [5, 5.41) is 4.19. The Morgan fingerprint density at radius 3 is 2.78 bits per heavy atom. The Labute approximate surface area is 146 Å². The van der Waals surface area contributed by atoms with Crippen molar-refractivity contribution in [3.8, 4) is 0 Å². The van der Waals surface area contributed by atoms with Crippen LogP contribution in [-0.2, 0) is 11.2 Å². The molecule has 3 nitrogen and oxygen atoms in total. The second-order valence-electron chi connectivity index (χ2n) is 5.90. The van der Waals surface area contributed by atoms with Crippen molar-refractivity contribution in [3.05, 3.63) is 63.1 Å². The zero-order valence-corrected chi connectivity index (χ0v) is 14.6. The van der Waals surface area contributed by atoms with E-state index in [4.69, 9.17) is 23.2 Å². The SMILES string of the molecule is CC(=O)Nc1cccc(C2c3c(Cl)cc(Cl)cc3CCN2C)c1. The van der Waals surface area contributed by atoms with Crippen molar-refractivity contribution in [1.82, 2.24) is 4.90 Å². The molecule has 120 valence electrons. The maximum Gasteiger partial charge on any atom is 0.221 e. The van der Waals surface area contributed by atoms with Crippen molar-refractivity contribution in [1.29, 1.82) is 0 Å². The minimum atomic E-state index is -0.0793. The fourth-order valence-corrected chi connectivity index (χ4v) is 3.85. The summed E-state index contributed by atoms with van der Waals surface area (Å²) in [6.07, 6.45) is 0.925. The number of benzene rings is 2. The van der Waals surface area contributed by atoms with Crippen LogP contribution < -0.4 is 5.32 Å². The highest BCUT2D eigenvalue weighted by Crippen LogP contribution is 2.40. The number of likely N-dealkylation sites (N-methyl/N-ethyl adjacent to an activating group) is 1. The van der Waals surface area contributed by atoms with Gasteiger partial charge in [0.2, 0.25) is 5.91 Å². The Bertz CT molecular complexity index is 761. The van der Waals surface area contributed by atoms with E-state index in [1.165, 1.54) is 12.5 Å². The second-order valence-corrected chi connectivity index (χ2v) is 6.74. The van der Waals surface area contributed by atoms with E-state index in [-0.39, 0.29) is 11.9 Å². The zero-order valence-electron chi connectivity index (χ0n) is 13.1. The molecule has 0 saturated heterocycles. The highest BCUT2D eigenvalue weighted by molar-refractivity contribution is 6.35. The molecule has 3 rings (SSSR count). The number of amides is 1. The van der Waals surface area contributed by atoms with E-state index in [1.807, 2.05) is 24.3 Å². The van der Waals surface area contributed by atoms with Crippen molar-refractivity contribution in [2.24, 2.45) is 0 Å². The third kappa shape index (κ3) is 3.37. The Morgan fingerprint density at radius 1 is 1.26 bits per heavy atom. The van der Waals surface area contributed by atoms with Crippen LogP contribution in [0.1, 0.15) is 29.7 Å². The molecule has 0 fully saturated rings. The van der Waals surface area contributed by atoms with Crippen LogP contribution in [0.15, 0.2) is 36.4 Å². The molecule has 5 heteroatoms. The van der Waals surface area contributed by atoms with E-state index < -0.39 is 0 Å². The summed E-state index contributed by atoms with van der Waals surface area (Å²) in [6.45, 7) is 2.44. The van der Waals surface area contributed by atoms with Gasteiger partial charge in [-0.3, -0.25) is 9.69 Å². The highest BCUT2D eigenvalue weighted by Gasteiger charge is 2.29. The first-order valence-electron chi connectivity index (χ1n) is 7.51. The lowest BCUT2D eigenvalue weighted by atomic mass is 9.88. The van der Waals surface area contributed by atoms with Gasteiger partial charge in [0.25, 0.3) is 0 Å². The molecule has 23 heavy (non-hydrogen) atoms. The minimum absolute atomic E-state index is 0.0530. The summed E-state index contributed by atoms with van der Waals surface area (Å²) in [6, 6.07) is 11.8. The zero-order chi connectivity index (χ0) is 16.6. The number of fused-ring (bicyclic) bond motifs is 1. The molecule has 0 radical (unpaired) electrons. The van der Waals surface area contributed by atoms with Crippen molar-refractivity contribution in [2.45, 2.75) is 19.4 Å². The standard InChI is InChI=1S/C18H18Cl2N2O/c1-11(23)21-15-5-3-4-13(9-15)18-17-12(6-7-22(18)2)8-14(19)10-16(17)20/h3-5,8-10,18H,6-7H2,1-2H3,(H,21,23). The van der Waals surface area contributed by atoms with Crippen molar-refractivity contribution >= 4 is 34.8 Å². The molecule has 0 aliphatic carbocycles. The Morgan fingerprint density at radius 2 is 2.04 bits per heavy atom. The van der Waals surface area contributed by atoms with Gasteiger partial charge < -0.3 is 5.32 Å². The summed E-state index contributed by atoms with van der Waals surface area (Å²) in [7, 11) is 2.09. The fourth-order valence-electron chi connectivity index (χ4n) is 3.21. The quantitative estimate of drug-likeness (QED) is 0.864. The molecule has 0 spiro atoms. The maximum atomic E-state index is 11.3. The van der Waals surface area contributed by atoms with E-state index in [2.05, 4.69) is 23.3 Å². The molecule has 1 aliphatic rings. The van der Waals surface area contributed by atoms with Gasteiger partial charge in [-0.1, -0.05) is 35.3 Å². The first-order valence-corrected chi connectivity index (χ1v) is 8.27. The number of carbonyl (C=O) groups excluding carboxylic acids is 1. The summed E-state index contributed by atoms with van der Waals surface area (Å²) >= 11 is 12.6. The molecule has 0 saturated carbocycles. The smallest absolute Gasteiger partial charge is 0.221 e. The normalized spacial score (nSPS) is 17.7. The van der Waals surface area contributed by atoms with Gasteiger partial charge >= 0.3 is 0 Å². The molecule has 1 N–H and O–H groups in total. The Kier molecular flexibility index (Phi) is 4.62. The molecule has 2 aromatic carbocycles. The van der Waals surface area contributed by atoms with Gasteiger partial charge in [0, 0.05) is 29.2 Å². The first kappa shape index (κ1) is 16.3. The number of hydrogen-bond acceptors (Lipinski definition) is 2. The van der Waals surface area contributed by atoms with Crippen LogP contribution in [0.4, 0.5) is 5.69 Å². The molecule has 1 unspecified atom stereocenters. The van der Waals surface area contributed by atoms with Gasteiger partial charge in [-0.25, -0.2) is 0 Å². The number of anilines is 1. The van der Waals surface area contributed by atoms with Crippen molar-refractivity contribution < 1.29 is 4.79 Å². The molecule has 2 aromatic rings. The van der Waals surface area contributed by atoms with Crippen LogP contribution >= 0.6 is 23.2 Å². The molecule has 1 amide bonds. The van der Waals surface area contributed by atoms with Crippen LogP contribution in [0.25, 0.3) is 0 Å². The van der Waals surface area contributed by atoms with Gasteiger partial charge in [0.1, 0.15) is 0 Å². The fraction of sp³-hybridized carbons (Fsp3) is 0.278. The van der Waals surface area contributed by atoms with E-state index in [9.17, 15) is 4.79 Å². The number of nitrogens with one attached hydrogen (secondary N) is 1. The van der Waals surface area contributed by atoms with Crippen LogP contribution in [0.5, 0.6) is 0 Å². The average molecular weight is 349 g/mol. The Hall–Kier alpha value is -1.55. The summed E-state index contributed by atoms with van der Waals surface area (Å²) in [4.78, 5) is 13.6. The third-order valence-corrected chi connectivity index (χ3v) is 4.68. The largest absolute Gasteiger partial charge is 0.326 e. The van der Waals surface area contributed by atoms with Crippen LogP contribution in [0.3, 0.4) is 0 Å². The van der Waals surface area contributed by atoms with Gasteiger partial charge in [0.15, 0.2) is 0 Å². The Balaban J connectivity index is 2.08. The number of rotatable bonds is 2. The number of hydrogen-bond donors (Lipinski definition) is 1. The lowest BCUT2D eigenvalue weighted by molar-refractivity contribution is -0.114. The van der Waals surface area contributed by atoms with Gasteiger partial charge in [0.05, 0.1) is 6.04 Å². The molecule has 0 aromatic heterocycles. The minimum Gasteiger partial charge on any atom is -0.326 e. The van der Waals surface area contributed by atoms with E-state index in [1.54, 1.807) is 6.07 Å². The van der Waals surface area contributed by atoms with Crippen molar-refractivity contribution in [2.75, 3.05) is 18.9 Å². The summed E-state index contributed by atoms with van der Waals surface area (Å²) in [5.41, 5.74) is 4.19. The predicted octanol–water partition coefficient (Wildman–Crippen LogP) is 4.53. The lowest BCUT2D eigenvalue weighted by Gasteiger charge is -2.36. The predicted molar refractivity (Wildman–Crippen MR) is 95.4 cm³/mol. The third-order valence-electron chi connectivity index (χ3n) is 4.15. The van der Waals surface area contributed by atoms with Gasteiger partial charge in [-0.05, 0) is 54.4 Å². The summed E-state index contributed by atoms with van der Waals surface area (Å²) in [5.74, 6) is -0.0793. The van der Waals surface area contributed by atoms with E-state index in [0.717, 1.165) is 29.8 Å². The van der Waals surface area contributed by atoms with Gasteiger partial charge in [-0.2, -0.15) is 0 Å². The van der Waals surface area contributed by atoms with Crippen LogP contribution in [0, 0.1) is 0 Å². The molecule has 1 atom stereocenters. The highest BCUT2D eigenvalue weighted by atomic mass is 35.5. The monoisotopic (exact) mass is 348 g/mol. The maximum absolute atomic E-state index is 11.3. The van der Waals surface area contributed by atoms with Crippen LogP contribution in [-0.4, -0.2) is 24.4 Å². The van der Waals surface area contributed by atoms with Gasteiger partial charge in [-0.15, -0.1) is 0 Å². The molecular weight excluding hydrogens is 331 g/mol. The second kappa shape index (κ2) is 6.52. The molecule has 0 bridgehead atoms. The topological polar surface area (TPSA) is 32.3 Å². The first-order chi connectivity index (χ1) is 11.0. The molecular formula is C18H18Cl2N2O. The molecule has 1 aliphatic heterocycles. The van der Waals surface area contributed by atoms with E-state index in [0.29, 0.717) is 10.0 Å².